The lowest BCUT2D eigenvalue weighted by molar-refractivity contribution is -0.127. The van der Waals surface area contributed by atoms with E-state index >= 15 is 0 Å². The molecule has 2 aromatic carbocycles. The van der Waals surface area contributed by atoms with Crippen LogP contribution in [0.1, 0.15) is 111 Å². The summed E-state index contributed by atoms with van der Waals surface area (Å²) in [4.78, 5) is 52.2. The Balaban J connectivity index is 2.38. The SMILES string of the molecule is CCCC(=O)C1=C(O)C(Cc2c(O)c(Cc3c(O)cc(O)c(C(=O)CCC)c3OC)c(O)c(C(=O)CCC)c2O)=C(O)C(C)(C)C1=O. The van der Waals surface area contributed by atoms with Crippen LogP contribution in [0.3, 0.4) is 0 Å². The third-order valence-electron chi connectivity index (χ3n) is 8.33. The maximum absolute atomic E-state index is 13.2. The van der Waals surface area contributed by atoms with Gasteiger partial charge in [-0.2, -0.15) is 0 Å². The minimum absolute atomic E-state index is 0.0286. The van der Waals surface area contributed by atoms with Crippen molar-refractivity contribution in [2.75, 3.05) is 7.11 Å². The molecule has 12 nitrogen and oxygen atoms in total. The Morgan fingerprint density at radius 3 is 1.68 bits per heavy atom. The quantitative estimate of drug-likeness (QED) is 0.0932. The average molecular weight is 655 g/mol. The Hall–Kier alpha value is -5.00. The van der Waals surface area contributed by atoms with Crippen LogP contribution in [0, 0.1) is 5.41 Å². The van der Waals surface area contributed by atoms with Crippen LogP contribution in [0.4, 0.5) is 0 Å². The molecule has 1 aliphatic rings. The molecule has 0 unspecified atom stereocenters. The number of carbonyl (C=O) groups is 4. The number of ether oxygens (including phenoxy) is 1. The molecule has 0 bridgehead atoms. The van der Waals surface area contributed by atoms with E-state index in [1.165, 1.54) is 21.0 Å². The van der Waals surface area contributed by atoms with Crippen molar-refractivity contribution >= 4 is 23.1 Å². The van der Waals surface area contributed by atoms with E-state index in [9.17, 15) is 54.9 Å². The summed E-state index contributed by atoms with van der Waals surface area (Å²) in [5.41, 5.74) is -4.44. The summed E-state index contributed by atoms with van der Waals surface area (Å²) in [7, 11) is 1.19. The van der Waals surface area contributed by atoms with Crippen LogP contribution in [0.2, 0.25) is 0 Å². The summed E-state index contributed by atoms with van der Waals surface area (Å²) in [6.07, 6.45) is -0.366. The van der Waals surface area contributed by atoms with Gasteiger partial charge in [-0.15, -0.1) is 0 Å². The van der Waals surface area contributed by atoms with Gasteiger partial charge in [0.15, 0.2) is 23.1 Å². The van der Waals surface area contributed by atoms with Crippen LogP contribution in [-0.2, 0) is 22.4 Å². The molecule has 47 heavy (non-hydrogen) atoms. The minimum atomic E-state index is -1.68. The van der Waals surface area contributed by atoms with Crippen LogP contribution in [0.15, 0.2) is 28.7 Å². The van der Waals surface area contributed by atoms with E-state index in [0.717, 1.165) is 6.07 Å². The lowest BCUT2D eigenvalue weighted by atomic mass is 9.73. The molecule has 2 aromatic rings. The second kappa shape index (κ2) is 14.2. The molecule has 0 atom stereocenters. The maximum atomic E-state index is 13.2. The third kappa shape index (κ3) is 6.49. The van der Waals surface area contributed by atoms with E-state index in [-0.39, 0.29) is 41.7 Å². The molecule has 3 rings (SSSR count). The van der Waals surface area contributed by atoms with Gasteiger partial charge in [-0.25, -0.2) is 0 Å². The first kappa shape index (κ1) is 36.5. The number of phenols is 5. The zero-order valence-electron chi connectivity index (χ0n) is 27.4. The summed E-state index contributed by atoms with van der Waals surface area (Å²) in [6, 6.07) is 0.904. The van der Waals surface area contributed by atoms with Gasteiger partial charge in [-0.05, 0) is 33.1 Å². The molecule has 0 aromatic heterocycles. The molecule has 0 saturated heterocycles. The van der Waals surface area contributed by atoms with Crippen molar-refractivity contribution < 1.29 is 59.7 Å². The summed E-state index contributed by atoms with van der Waals surface area (Å²) in [5, 5.41) is 77.8. The first-order valence-electron chi connectivity index (χ1n) is 15.4. The summed E-state index contributed by atoms with van der Waals surface area (Å²) in [5.74, 6) is -8.11. The number of aromatic hydroxyl groups is 5. The normalized spacial score (nSPS) is 14.5. The highest BCUT2D eigenvalue weighted by molar-refractivity contribution is 6.24. The Morgan fingerprint density at radius 2 is 1.17 bits per heavy atom. The molecule has 0 fully saturated rings. The zero-order valence-corrected chi connectivity index (χ0v) is 27.4. The number of aliphatic hydroxyl groups excluding tert-OH is 2. The second-order valence-electron chi connectivity index (χ2n) is 12.1. The number of phenolic OH excluding ortho intramolecular Hbond substituents is 5. The Kier molecular flexibility index (Phi) is 11.0. The zero-order chi connectivity index (χ0) is 35.5. The maximum Gasteiger partial charge on any atom is 0.183 e. The number of carbonyl (C=O) groups excluding carboxylic acids is 4. The lowest BCUT2D eigenvalue weighted by Crippen LogP contribution is -2.36. The van der Waals surface area contributed by atoms with Crippen molar-refractivity contribution in [3.05, 3.63) is 56.5 Å². The van der Waals surface area contributed by atoms with Crippen molar-refractivity contribution in [1.82, 2.24) is 0 Å². The Labute approximate surface area is 272 Å². The number of methoxy groups -OCH3 is 1. The van der Waals surface area contributed by atoms with E-state index < -0.39 is 104 Å². The number of benzene rings is 2. The number of rotatable bonds is 14. The average Bonchev–Trinajstić information content (AvgIpc) is 2.99. The molecule has 12 heteroatoms. The highest BCUT2D eigenvalue weighted by Gasteiger charge is 2.45. The van der Waals surface area contributed by atoms with Crippen LogP contribution >= 0.6 is 0 Å². The fraction of sp³-hybridized carbons (Fsp3) is 0.429. The number of ketones is 4. The van der Waals surface area contributed by atoms with Crippen LogP contribution < -0.4 is 4.74 Å². The number of Topliss-reactive ketones (excluding diaryl/α,β-unsaturated/α-hetero) is 4. The predicted octanol–water partition coefficient (Wildman–Crippen LogP) is 5.92. The van der Waals surface area contributed by atoms with Gasteiger partial charge in [0.25, 0.3) is 0 Å². The van der Waals surface area contributed by atoms with Crippen LogP contribution in [0.25, 0.3) is 0 Å². The van der Waals surface area contributed by atoms with E-state index in [4.69, 9.17) is 4.74 Å². The topological polar surface area (TPSA) is 219 Å². The Bertz CT molecular complexity index is 1710. The molecule has 0 aliphatic heterocycles. The molecule has 0 amide bonds. The molecule has 7 N–H and O–H groups in total. The predicted molar refractivity (Wildman–Crippen MR) is 171 cm³/mol. The van der Waals surface area contributed by atoms with Crippen molar-refractivity contribution in [1.29, 1.82) is 0 Å². The fourth-order valence-electron chi connectivity index (χ4n) is 5.76. The third-order valence-corrected chi connectivity index (χ3v) is 8.33. The van der Waals surface area contributed by atoms with Crippen molar-refractivity contribution in [2.45, 2.75) is 86.0 Å². The second-order valence-corrected chi connectivity index (χ2v) is 12.1. The van der Waals surface area contributed by atoms with Gasteiger partial charge in [0.05, 0.1) is 12.5 Å². The van der Waals surface area contributed by atoms with Gasteiger partial charge in [0.1, 0.15) is 62.7 Å². The van der Waals surface area contributed by atoms with E-state index in [1.54, 1.807) is 20.8 Å². The monoisotopic (exact) mass is 654 g/mol. The van der Waals surface area contributed by atoms with Gasteiger partial charge >= 0.3 is 0 Å². The highest BCUT2D eigenvalue weighted by atomic mass is 16.5. The lowest BCUT2D eigenvalue weighted by Gasteiger charge is -2.31. The molecule has 254 valence electrons. The molecule has 0 saturated carbocycles. The van der Waals surface area contributed by atoms with E-state index in [0.29, 0.717) is 19.3 Å². The van der Waals surface area contributed by atoms with Crippen LogP contribution in [-0.4, -0.2) is 66.0 Å². The minimum Gasteiger partial charge on any atom is -0.511 e. The van der Waals surface area contributed by atoms with Crippen molar-refractivity contribution in [2.24, 2.45) is 5.41 Å². The van der Waals surface area contributed by atoms with Crippen LogP contribution in [0.5, 0.6) is 34.5 Å². The Morgan fingerprint density at radius 1 is 0.681 bits per heavy atom. The number of hydrogen-bond donors (Lipinski definition) is 7. The molecule has 0 heterocycles. The van der Waals surface area contributed by atoms with E-state index in [2.05, 4.69) is 0 Å². The van der Waals surface area contributed by atoms with Gasteiger partial charge in [-0.3, -0.25) is 19.2 Å². The summed E-state index contributed by atoms with van der Waals surface area (Å²) >= 11 is 0. The molecular formula is C35H42O12. The first-order valence-corrected chi connectivity index (χ1v) is 15.4. The number of aliphatic hydroxyl groups is 2. The van der Waals surface area contributed by atoms with Gasteiger partial charge in [0, 0.05) is 60.4 Å². The smallest absolute Gasteiger partial charge is 0.183 e. The highest BCUT2D eigenvalue weighted by Crippen LogP contribution is 2.49. The van der Waals surface area contributed by atoms with E-state index in [1.807, 2.05) is 0 Å². The standard InChI is InChI=1S/C35H42O12/c1-7-10-20(36)25-24(40)15-23(39)16(32(25)47-6)13-17-28(41)18(30(43)26(29(17)42)21(37)11-8-2)14-19-31(44)27(22(38)12-9-3)34(46)35(4,5)33(19)45/h15,39-45H,7-14H2,1-6H3. The fourth-order valence-corrected chi connectivity index (χ4v) is 5.76. The largest absolute Gasteiger partial charge is 0.511 e. The first-order chi connectivity index (χ1) is 22.0. The number of hydrogen-bond acceptors (Lipinski definition) is 12. The van der Waals surface area contributed by atoms with Crippen molar-refractivity contribution in [3.63, 3.8) is 0 Å². The molecule has 1 aliphatic carbocycles. The summed E-state index contributed by atoms with van der Waals surface area (Å²) in [6.45, 7) is 7.81. The molecular weight excluding hydrogens is 612 g/mol. The summed E-state index contributed by atoms with van der Waals surface area (Å²) < 4.78 is 5.40. The van der Waals surface area contributed by atoms with Crippen molar-refractivity contribution in [3.8, 4) is 34.5 Å². The molecule has 0 spiro atoms. The molecule has 0 radical (unpaired) electrons. The van der Waals surface area contributed by atoms with Gasteiger partial charge in [-0.1, -0.05) is 20.8 Å². The van der Waals surface area contributed by atoms with Gasteiger partial charge < -0.3 is 40.5 Å². The van der Waals surface area contributed by atoms with Gasteiger partial charge in [0.2, 0.25) is 0 Å². The number of allylic oxidation sites excluding steroid dienone is 3.